The molecule has 0 bridgehead atoms. The summed E-state index contributed by atoms with van der Waals surface area (Å²) in [6.45, 7) is 41.1. The van der Waals surface area contributed by atoms with Gasteiger partial charge in [-0.25, -0.2) is 0 Å². The fraction of sp³-hybridized carbons (Fsp3) is 0.457. The fourth-order valence-electron chi connectivity index (χ4n) is 11.7. The van der Waals surface area contributed by atoms with Gasteiger partial charge < -0.3 is 19.3 Å². The molecule has 0 radical (unpaired) electrons. The maximum atomic E-state index is 12.8. The van der Waals surface area contributed by atoms with Crippen molar-refractivity contribution in [3.63, 3.8) is 0 Å². The normalized spacial score (nSPS) is 17.3. The zero-order valence-corrected chi connectivity index (χ0v) is 51.3. The monoisotopic (exact) mass is 1050 g/mol. The number of hydrogen-bond acceptors (Lipinski definition) is 2. The predicted octanol–water partition coefficient (Wildman–Crippen LogP) is 19.5. The number of rotatable bonds is 8. The number of nitrogens with zero attached hydrogens (tertiary/aromatic N) is 2. The third kappa shape index (κ3) is 10.5. The second-order valence-corrected chi connectivity index (χ2v) is 32.8. The van der Waals surface area contributed by atoms with Crippen LogP contribution >= 0.6 is 21.0 Å². The lowest BCUT2D eigenvalue weighted by molar-refractivity contribution is 0.466. The number of phenols is 2. The lowest BCUT2D eigenvalue weighted by Crippen LogP contribution is -2.27. The molecular formula is C70H90N2O2S2. The molecule has 2 aromatic heterocycles. The number of aromatic nitrogens is 2. The van der Waals surface area contributed by atoms with Crippen molar-refractivity contribution in [2.45, 2.75) is 205 Å². The van der Waals surface area contributed by atoms with Gasteiger partial charge in [-0.2, -0.15) is 21.0 Å². The number of phenolic OH excluding ortho intramolecular Hbond substituents is 2. The van der Waals surface area contributed by atoms with Crippen molar-refractivity contribution in [3.05, 3.63) is 142 Å². The van der Waals surface area contributed by atoms with Crippen molar-refractivity contribution >= 4 is 76.3 Å². The standard InChI is InChI=1S/C70H90N2O2S2/c1-65(2,3)45-25-29-55-51(35-45)52-36-46(66(4,5)6)26-30-56(52)71(55)59-39-49(69(13,14)15)33-43(63(59)73)41-75(19)61-23-21-22-24-62(61)76(20)42-44-34-50(70(16,17)18)40-60(64(44)74)72-57-31-27-47(67(7,8)9)37-53(57)54-38-48(68(10,11)12)28-32-58(54)72/h25-40,61-62,73-74H,19-24,41-42H2,1-18H3. The SMILES string of the molecule is C=S(Cc1cc(C(C)(C)C)cc(-n2c3ccc(C(C)(C)C)cc3c3cc(C(C)(C)C)ccc32)c1O)C1CCCCC1S(=C)Cc1cc(C(C)(C)C)cc(-n2c3ccc(C(C)(C)C)cc3c3cc(C(C)(C)C)ccc32)c1O. The van der Waals surface area contributed by atoms with Crippen molar-refractivity contribution in [1.82, 2.24) is 9.13 Å². The first-order valence-corrected chi connectivity index (χ1v) is 31.3. The van der Waals surface area contributed by atoms with Crippen molar-refractivity contribution in [3.8, 4) is 22.9 Å². The van der Waals surface area contributed by atoms with Crippen molar-refractivity contribution in [1.29, 1.82) is 0 Å². The van der Waals surface area contributed by atoms with E-state index in [1.165, 1.54) is 67.8 Å². The van der Waals surface area contributed by atoms with Crippen LogP contribution in [-0.2, 0) is 44.0 Å². The molecule has 2 N–H and O–H groups in total. The van der Waals surface area contributed by atoms with Crippen LogP contribution in [0.4, 0.5) is 0 Å². The zero-order valence-electron chi connectivity index (χ0n) is 49.7. The predicted molar refractivity (Wildman–Crippen MR) is 340 cm³/mol. The Labute approximate surface area is 462 Å². The van der Waals surface area contributed by atoms with Crippen LogP contribution in [0.5, 0.6) is 11.5 Å². The summed E-state index contributed by atoms with van der Waals surface area (Å²) in [4.78, 5) is 0. The van der Waals surface area contributed by atoms with E-state index < -0.39 is 0 Å². The summed E-state index contributed by atoms with van der Waals surface area (Å²) < 4.78 is 4.65. The first-order chi connectivity index (χ1) is 35.1. The van der Waals surface area contributed by atoms with Crippen molar-refractivity contribution in [2.24, 2.45) is 0 Å². The van der Waals surface area contributed by atoms with Gasteiger partial charge in [0.1, 0.15) is 11.5 Å². The molecule has 1 fully saturated rings. The summed E-state index contributed by atoms with van der Waals surface area (Å²) in [5.74, 6) is 12.1. The molecule has 4 unspecified atom stereocenters. The van der Waals surface area contributed by atoms with E-state index in [4.69, 9.17) is 11.7 Å². The van der Waals surface area contributed by atoms with E-state index in [0.717, 1.165) is 57.4 Å². The van der Waals surface area contributed by atoms with Gasteiger partial charge in [0.15, 0.2) is 0 Å². The van der Waals surface area contributed by atoms with E-state index in [9.17, 15) is 10.2 Å². The number of fused-ring (bicyclic) bond motifs is 6. The molecule has 9 rings (SSSR count). The number of aromatic hydroxyl groups is 2. The molecule has 0 amide bonds. The highest BCUT2D eigenvalue weighted by Crippen LogP contribution is 2.49. The van der Waals surface area contributed by atoms with Crippen LogP contribution in [0.2, 0.25) is 0 Å². The van der Waals surface area contributed by atoms with Crippen LogP contribution < -0.4 is 0 Å². The van der Waals surface area contributed by atoms with Gasteiger partial charge in [0, 0.05) is 54.7 Å². The molecule has 0 spiro atoms. The van der Waals surface area contributed by atoms with E-state index >= 15 is 0 Å². The van der Waals surface area contributed by atoms with Crippen LogP contribution in [0.1, 0.15) is 195 Å². The highest BCUT2D eigenvalue weighted by Gasteiger charge is 2.32. The summed E-state index contributed by atoms with van der Waals surface area (Å²) in [6, 6.07) is 36.7. The lowest BCUT2D eigenvalue weighted by Gasteiger charge is -2.36. The number of hydrogen-bond donors (Lipinski definition) is 2. The first-order valence-electron chi connectivity index (χ1n) is 28.0. The maximum absolute atomic E-state index is 12.8. The molecule has 76 heavy (non-hydrogen) atoms. The Balaban J connectivity index is 1.11. The zero-order chi connectivity index (χ0) is 55.6. The van der Waals surface area contributed by atoms with E-state index in [0.29, 0.717) is 33.5 Å². The maximum Gasteiger partial charge on any atom is 0.143 e. The van der Waals surface area contributed by atoms with Crippen LogP contribution in [0, 0.1) is 0 Å². The van der Waals surface area contributed by atoms with E-state index in [1.807, 2.05) is 0 Å². The molecule has 1 aliphatic rings. The Bertz CT molecular complexity index is 3230. The molecule has 6 heteroatoms. The van der Waals surface area contributed by atoms with E-state index in [2.05, 4.69) is 231 Å². The van der Waals surface area contributed by atoms with Crippen LogP contribution in [0.25, 0.3) is 55.0 Å². The lowest BCUT2D eigenvalue weighted by atomic mass is 9.85. The van der Waals surface area contributed by atoms with Gasteiger partial charge in [-0.05, 0) is 139 Å². The minimum absolute atomic E-state index is 0.0123. The van der Waals surface area contributed by atoms with Gasteiger partial charge in [0.25, 0.3) is 0 Å². The van der Waals surface area contributed by atoms with Gasteiger partial charge in [0.2, 0.25) is 0 Å². The summed E-state index contributed by atoms with van der Waals surface area (Å²) >= 11 is 0. The minimum Gasteiger partial charge on any atom is -0.505 e. The molecule has 1 aliphatic carbocycles. The summed E-state index contributed by atoms with van der Waals surface area (Å²) in [5.41, 5.74) is 15.3. The minimum atomic E-state index is -0.317. The second kappa shape index (κ2) is 19.4. The molecule has 2 heterocycles. The van der Waals surface area contributed by atoms with Crippen molar-refractivity contribution < 1.29 is 10.2 Å². The van der Waals surface area contributed by atoms with Gasteiger partial charge >= 0.3 is 0 Å². The Morgan fingerprint density at radius 1 is 0.382 bits per heavy atom. The van der Waals surface area contributed by atoms with Crippen LogP contribution in [0.15, 0.2) is 97.1 Å². The van der Waals surface area contributed by atoms with Gasteiger partial charge in [-0.15, -0.1) is 0 Å². The van der Waals surface area contributed by atoms with Gasteiger partial charge in [0.05, 0.1) is 33.4 Å². The molecule has 0 aliphatic heterocycles. The third-order valence-electron chi connectivity index (χ3n) is 16.7. The first kappa shape index (κ1) is 55.7. The highest BCUT2D eigenvalue weighted by molar-refractivity contribution is 8.17. The fourth-order valence-corrected chi connectivity index (χ4v) is 16.4. The molecule has 4 nitrogen and oxygen atoms in total. The van der Waals surface area contributed by atoms with E-state index in [1.54, 1.807) is 0 Å². The molecule has 4 atom stereocenters. The molecule has 404 valence electrons. The van der Waals surface area contributed by atoms with Crippen LogP contribution in [-0.4, -0.2) is 41.6 Å². The third-order valence-corrected chi connectivity index (χ3v) is 21.1. The van der Waals surface area contributed by atoms with Gasteiger partial charge in [-0.3, -0.25) is 0 Å². The quantitative estimate of drug-likeness (QED) is 0.149. The molecule has 1 saturated carbocycles. The average molecular weight is 1060 g/mol. The average Bonchev–Trinajstić information content (AvgIpc) is 3.82. The summed E-state index contributed by atoms with van der Waals surface area (Å²) in [5, 5.41) is 31.2. The highest BCUT2D eigenvalue weighted by atomic mass is 32.2. The molecule has 6 aromatic carbocycles. The molecule has 0 saturated heterocycles. The Morgan fingerprint density at radius 2 is 0.632 bits per heavy atom. The second-order valence-electron chi connectivity index (χ2n) is 28.8. The van der Waals surface area contributed by atoms with Crippen LogP contribution in [0.3, 0.4) is 0 Å². The van der Waals surface area contributed by atoms with Crippen molar-refractivity contribution in [2.75, 3.05) is 0 Å². The number of benzene rings is 6. The largest absolute Gasteiger partial charge is 0.505 e. The van der Waals surface area contributed by atoms with Gasteiger partial charge in [-0.1, -0.05) is 186 Å². The topological polar surface area (TPSA) is 50.3 Å². The summed E-state index contributed by atoms with van der Waals surface area (Å²) in [6.07, 6.45) is 4.52. The molecular weight excluding hydrogens is 965 g/mol. The smallest absolute Gasteiger partial charge is 0.143 e. The Morgan fingerprint density at radius 3 is 0.868 bits per heavy atom. The van der Waals surface area contributed by atoms with E-state index in [-0.39, 0.29) is 53.5 Å². The Hall–Kier alpha value is -5.04. The molecule has 8 aromatic rings. The Kier molecular flexibility index (Phi) is 14.2. The summed E-state index contributed by atoms with van der Waals surface area (Å²) in [7, 11) is -0.634.